The molecular weight excluding hydrogens is 148 g/mol. The van der Waals surface area contributed by atoms with Crippen LogP contribution in [-0.4, -0.2) is 5.78 Å². The molecule has 0 bridgehead atoms. The van der Waals surface area contributed by atoms with Crippen LogP contribution in [0, 0.1) is 11.8 Å². The third-order valence-electron chi connectivity index (χ3n) is 2.63. The van der Waals surface area contributed by atoms with Gasteiger partial charge in [-0.05, 0) is 18.8 Å². The topological polar surface area (TPSA) is 17.1 Å². The molecule has 2 unspecified atom stereocenters. The fourth-order valence-electron chi connectivity index (χ4n) is 1.74. The SMILES string of the molecule is CCC/C=C/C1C(=O)CCC1C. The molecule has 1 rings (SSSR count). The molecule has 0 aromatic heterocycles. The van der Waals surface area contributed by atoms with Crippen LogP contribution >= 0.6 is 0 Å². The van der Waals surface area contributed by atoms with E-state index in [4.69, 9.17) is 0 Å². The molecule has 0 saturated heterocycles. The molecule has 1 aliphatic rings. The first kappa shape index (κ1) is 9.50. The number of ketones is 1. The summed E-state index contributed by atoms with van der Waals surface area (Å²) in [6, 6.07) is 0. The van der Waals surface area contributed by atoms with Crippen LogP contribution in [0.4, 0.5) is 0 Å². The van der Waals surface area contributed by atoms with Crippen LogP contribution in [0.25, 0.3) is 0 Å². The Kier molecular flexibility index (Phi) is 3.51. The average molecular weight is 166 g/mol. The van der Waals surface area contributed by atoms with E-state index >= 15 is 0 Å². The number of hydrogen-bond donors (Lipinski definition) is 0. The van der Waals surface area contributed by atoms with E-state index in [-0.39, 0.29) is 5.92 Å². The maximum absolute atomic E-state index is 11.3. The predicted molar refractivity (Wildman–Crippen MR) is 50.9 cm³/mol. The van der Waals surface area contributed by atoms with Crippen molar-refractivity contribution in [3.8, 4) is 0 Å². The highest BCUT2D eigenvalue weighted by molar-refractivity contribution is 5.84. The second-order valence-corrected chi connectivity index (χ2v) is 3.72. The van der Waals surface area contributed by atoms with Crippen molar-refractivity contribution in [1.29, 1.82) is 0 Å². The Bertz CT molecular complexity index is 181. The van der Waals surface area contributed by atoms with Gasteiger partial charge in [0.1, 0.15) is 5.78 Å². The van der Waals surface area contributed by atoms with E-state index in [1.807, 2.05) is 0 Å². The van der Waals surface area contributed by atoms with Gasteiger partial charge in [-0.2, -0.15) is 0 Å². The van der Waals surface area contributed by atoms with Crippen molar-refractivity contribution in [3.05, 3.63) is 12.2 Å². The molecule has 12 heavy (non-hydrogen) atoms. The van der Waals surface area contributed by atoms with Crippen molar-refractivity contribution in [3.63, 3.8) is 0 Å². The Hall–Kier alpha value is -0.590. The van der Waals surface area contributed by atoms with E-state index in [1.54, 1.807) is 0 Å². The lowest BCUT2D eigenvalue weighted by Crippen LogP contribution is -2.08. The second kappa shape index (κ2) is 4.44. The van der Waals surface area contributed by atoms with Gasteiger partial charge in [-0.15, -0.1) is 0 Å². The van der Waals surface area contributed by atoms with Crippen molar-refractivity contribution in [2.24, 2.45) is 11.8 Å². The van der Waals surface area contributed by atoms with Crippen LogP contribution in [-0.2, 0) is 4.79 Å². The number of carbonyl (C=O) groups is 1. The summed E-state index contributed by atoms with van der Waals surface area (Å²) < 4.78 is 0. The number of hydrogen-bond acceptors (Lipinski definition) is 1. The van der Waals surface area contributed by atoms with Crippen LogP contribution in [0.3, 0.4) is 0 Å². The molecular formula is C11H18O. The molecule has 0 N–H and O–H groups in total. The average Bonchev–Trinajstić information content (AvgIpc) is 2.35. The fourth-order valence-corrected chi connectivity index (χ4v) is 1.74. The van der Waals surface area contributed by atoms with Crippen LogP contribution in [0.15, 0.2) is 12.2 Å². The third-order valence-corrected chi connectivity index (χ3v) is 2.63. The number of carbonyl (C=O) groups excluding carboxylic acids is 1. The third kappa shape index (κ3) is 2.20. The van der Waals surface area contributed by atoms with E-state index in [1.165, 1.54) is 6.42 Å². The Morgan fingerprint density at radius 2 is 2.33 bits per heavy atom. The minimum Gasteiger partial charge on any atom is -0.299 e. The smallest absolute Gasteiger partial charge is 0.139 e. The van der Waals surface area contributed by atoms with Gasteiger partial charge < -0.3 is 0 Å². The maximum Gasteiger partial charge on any atom is 0.139 e. The molecule has 0 aliphatic heterocycles. The standard InChI is InChI=1S/C11H18O/c1-3-4-5-6-10-9(2)7-8-11(10)12/h5-6,9-10H,3-4,7-8H2,1-2H3/b6-5+. The van der Waals surface area contributed by atoms with Gasteiger partial charge in [0.05, 0.1) is 0 Å². The van der Waals surface area contributed by atoms with Gasteiger partial charge in [0.25, 0.3) is 0 Å². The molecule has 1 saturated carbocycles. The van der Waals surface area contributed by atoms with Crippen molar-refractivity contribution in [2.75, 3.05) is 0 Å². The second-order valence-electron chi connectivity index (χ2n) is 3.72. The number of unbranched alkanes of at least 4 members (excludes halogenated alkanes) is 1. The normalized spacial score (nSPS) is 30.3. The first-order valence-electron chi connectivity index (χ1n) is 4.95. The van der Waals surface area contributed by atoms with Crippen molar-refractivity contribution >= 4 is 5.78 Å². The lowest BCUT2D eigenvalue weighted by Gasteiger charge is -2.07. The van der Waals surface area contributed by atoms with Crippen molar-refractivity contribution in [2.45, 2.75) is 39.5 Å². The minimum atomic E-state index is 0.233. The molecule has 1 fully saturated rings. The van der Waals surface area contributed by atoms with Crippen LogP contribution in [0.1, 0.15) is 39.5 Å². The van der Waals surface area contributed by atoms with Gasteiger partial charge in [0, 0.05) is 12.3 Å². The predicted octanol–water partition coefficient (Wildman–Crippen LogP) is 2.96. The monoisotopic (exact) mass is 166 g/mol. The Balaban J connectivity index is 2.44. The van der Waals surface area contributed by atoms with Gasteiger partial charge >= 0.3 is 0 Å². The zero-order valence-corrected chi connectivity index (χ0v) is 8.05. The summed E-state index contributed by atoms with van der Waals surface area (Å²) in [6.07, 6.45) is 8.43. The number of Topliss-reactive ketones (excluding diaryl/α,β-unsaturated/α-hetero) is 1. The molecule has 0 aromatic rings. The molecule has 2 atom stereocenters. The summed E-state index contributed by atoms with van der Waals surface area (Å²) in [7, 11) is 0. The van der Waals surface area contributed by atoms with Gasteiger partial charge in [0.15, 0.2) is 0 Å². The molecule has 0 amide bonds. The molecule has 1 aliphatic carbocycles. The lowest BCUT2D eigenvalue weighted by molar-refractivity contribution is -0.119. The van der Waals surface area contributed by atoms with Crippen molar-refractivity contribution < 1.29 is 4.79 Å². The summed E-state index contributed by atoms with van der Waals surface area (Å²) in [4.78, 5) is 11.3. The quantitative estimate of drug-likeness (QED) is 0.589. The van der Waals surface area contributed by atoms with E-state index in [0.717, 1.165) is 19.3 Å². The van der Waals surface area contributed by atoms with Crippen molar-refractivity contribution in [1.82, 2.24) is 0 Å². The van der Waals surface area contributed by atoms with E-state index in [9.17, 15) is 4.79 Å². The summed E-state index contributed by atoms with van der Waals surface area (Å²) in [5.74, 6) is 1.25. The first-order chi connectivity index (χ1) is 5.75. The fraction of sp³-hybridized carbons (Fsp3) is 0.727. The first-order valence-corrected chi connectivity index (χ1v) is 4.95. The Morgan fingerprint density at radius 1 is 1.58 bits per heavy atom. The highest BCUT2D eigenvalue weighted by Gasteiger charge is 2.28. The molecule has 68 valence electrons. The molecule has 0 spiro atoms. The Morgan fingerprint density at radius 3 is 2.83 bits per heavy atom. The minimum absolute atomic E-state index is 0.233. The van der Waals surface area contributed by atoms with Crippen LogP contribution < -0.4 is 0 Å². The summed E-state index contributed by atoms with van der Waals surface area (Å²) in [6.45, 7) is 4.33. The van der Waals surface area contributed by atoms with Crippen LogP contribution in [0.2, 0.25) is 0 Å². The Labute approximate surface area is 74.9 Å². The van der Waals surface area contributed by atoms with Crippen LogP contribution in [0.5, 0.6) is 0 Å². The molecule has 1 nitrogen and oxygen atoms in total. The number of allylic oxidation sites excluding steroid dienone is 2. The molecule has 0 radical (unpaired) electrons. The molecule has 1 heteroatoms. The summed E-state index contributed by atoms with van der Waals surface area (Å²) >= 11 is 0. The summed E-state index contributed by atoms with van der Waals surface area (Å²) in [5, 5.41) is 0. The van der Waals surface area contributed by atoms with Gasteiger partial charge in [-0.25, -0.2) is 0 Å². The molecule has 0 aromatic carbocycles. The van der Waals surface area contributed by atoms with Gasteiger partial charge in [-0.1, -0.05) is 32.4 Å². The largest absolute Gasteiger partial charge is 0.299 e. The lowest BCUT2D eigenvalue weighted by atomic mass is 9.97. The van der Waals surface area contributed by atoms with Gasteiger partial charge in [0.2, 0.25) is 0 Å². The van der Waals surface area contributed by atoms with Gasteiger partial charge in [-0.3, -0.25) is 4.79 Å². The van der Waals surface area contributed by atoms with E-state index < -0.39 is 0 Å². The summed E-state index contributed by atoms with van der Waals surface area (Å²) in [5.41, 5.74) is 0. The van der Waals surface area contributed by atoms with E-state index in [2.05, 4.69) is 26.0 Å². The highest BCUT2D eigenvalue weighted by Crippen LogP contribution is 2.29. The number of rotatable bonds is 3. The highest BCUT2D eigenvalue weighted by atomic mass is 16.1. The van der Waals surface area contributed by atoms with E-state index in [0.29, 0.717) is 11.7 Å². The molecule has 0 heterocycles. The maximum atomic E-state index is 11.3. The zero-order chi connectivity index (χ0) is 8.97. The zero-order valence-electron chi connectivity index (χ0n) is 8.05.